The van der Waals surface area contributed by atoms with Gasteiger partial charge in [-0.2, -0.15) is 0 Å². The van der Waals surface area contributed by atoms with Crippen molar-refractivity contribution in [3.8, 4) is 22.4 Å². The number of halogens is 4. The average Bonchev–Trinajstić information content (AvgIpc) is 3.22. The minimum absolute atomic E-state index is 0.0307. The highest BCUT2D eigenvalue weighted by molar-refractivity contribution is 5.91. The molecule has 0 saturated heterocycles. The maximum absolute atomic E-state index is 14.6. The van der Waals surface area contributed by atoms with Gasteiger partial charge < -0.3 is 5.73 Å². The highest BCUT2D eigenvalue weighted by atomic mass is 19.3. The van der Waals surface area contributed by atoms with E-state index in [1.54, 1.807) is 6.07 Å². The van der Waals surface area contributed by atoms with Crippen LogP contribution < -0.4 is 5.73 Å². The Bertz CT molecular complexity index is 1250. The molecule has 160 valence electrons. The molecule has 0 aliphatic rings. The molecule has 1 aromatic carbocycles. The molecule has 0 fully saturated rings. The molecule has 0 aliphatic heterocycles. The molecule has 3 aromatic heterocycles. The van der Waals surface area contributed by atoms with Gasteiger partial charge in [-0.05, 0) is 42.7 Å². The summed E-state index contributed by atoms with van der Waals surface area (Å²) in [4.78, 5) is 8.32. The fourth-order valence-electron chi connectivity index (χ4n) is 3.40. The van der Waals surface area contributed by atoms with Gasteiger partial charge in [-0.15, -0.1) is 10.2 Å². The van der Waals surface area contributed by atoms with Crippen molar-refractivity contribution >= 4 is 11.6 Å². The topological polar surface area (TPSA) is 82.0 Å². The summed E-state index contributed by atoms with van der Waals surface area (Å²) in [6, 6.07) is 5.88. The van der Waals surface area contributed by atoms with Crippen molar-refractivity contribution in [3.63, 3.8) is 0 Å². The smallest absolute Gasteiger partial charge is 0.280 e. The number of aromatic nitrogens is 5. The molecule has 6 nitrogen and oxygen atoms in total. The van der Waals surface area contributed by atoms with E-state index >= 15 is 0 Å². The Labute approximate surface area is 174 Å². The third-order valence-corrected chi connectivity index (χ3v) is 4.86. The third-order valence-electron chi connectivity index (χ3n) is 4.86. The molecule has 0 unspecified atom stereocenters. The van der Waals surface area contributed by atoms with Crippen molar-refractivity contribution in [2.75, 3.05) is 5.73 Å². The molecule has 4 rings (SSSR count). The van der Waals surface area contributed by atoms with Crippen molar-refractivity contribution in [1.29, 1.82) is 0 Å². The van der Waals surface area contributed by atoms with Gasteiger partial charge >= 0.3 is 0 Å². The molecule has 4 aromatic rings. The molecule has 0 saturated carbocycles. The van der Waals surface area contributed by atoms with E-state index in [9.17, 15) is 17.6 Å². The maximum atomic E-state index is 14.6. The predicted molar refractivity (Wildman–Crippen MR) is 107 cm³/mol. The lowest BCUT2D eigenvalue weighted by atomic mass is 9.98. The lowest BCUT2D eigenvalue weighted by molar-refractivity contribution is 0.146. The first-order chi connectivity index (χ1) is 14.9. The Hall–Kier alpha value is -3.56. The van der Waals surface area contributed by atoms with Crippen LogP contribution in [0.2, 0.25) is 0 Å². The maximum Gasteiger partial charge on any atom is 0.280 e. The molecule has 0 bridgehead atoms. The number of aryl methyl sites for hydroxylation is 1. The van der Waals surface area contributed by atoms with Gasteiger partial charge in [-0.1, -0.05) is 13.3 Å². The molecule has 2 N–H and O–H groups in total. The number of alkyl halides is 2. The van der Waals surface area contributed by atoms with Gasteiger partial charge in [0.2, 0.25) is 5.95 Å². The second-order valence-corrected chi connectivity index (χ2v) is 7.02. The fourth-order valence-corrected chi connectivity index (χ4v) is 3.40. The van der Waals surface area contributed by atoms with Gasteiger partial charge in [0.15, 0.2) is 5.65 Å². The molecule has 0 amide bonds. The number of nitrogens with two attached hydrogens (primary N) is 1. The minimum atomic E-state index is -2.80. The van der Waals surface area contributed by atoms with Crippen molar-refractivity contribution in [2.45, 2.75) is 32.6 Å². The third kappa shape index (κ3) is 3.92. The van der Waals surface area contributed by atoms with Crippen LogP contribution in [0.3, 0.4) is 0 Å². The highest BCUT2D eigenvalue weighted by Crippen LogP contribution is 2.37. The summed E-state index contributed by atoms with van der Waals surface area (Å²) in [6.45, 7) is 1.98. The van der Waals surface area contributed by atoms with Crippen LogP contribution in [-0.2, 0) is 6.42 Å². The van der Waals surface area contributed by atoms with Crippen LogP contribution in [0.1, 0.15) is 37.6 Å². The number of nitrogens with zero attached hydrogens (tertiary/aromatic N) is 5. The molecule has 0 aliphatic carbocycles. The Morgan fingerprint density at radius 2 is 1.90 bits per heavy atom. The van der Waals surface area contributed by atoms with E-state index in [4.69, 9.17) is 5.73 Å². The SMILES string of the molecule is CCCCc1cc(-c2c(-c3ccc(F)cc3F)nc(N)n3cnnc23)cc(C(F)F)n1. The summed E-state index contributed by atoms with van der Waals surface area (Å²) in [6.07, 6.45) is 0.634. The number of hydrogen-bond acceptors (Lipinski definition) is 5. The van der Waals surface area contributed by atoms with E-state index in [0.717, 1.165) is 25.0 Å². The van der Waals surface area contributed by atoms with E-state index < -0.39 is 23.8 Å². The van der Waals surface area contributed by atoms with Crippen LogP contribution in [0, 0.1) is 11.6 Å². The molecule has 10 heteroatoms. The van der Waals surface area contributed by atoms with Gasteiger partial charge in [0.1, 0.15) is 23.7 Å². The van der Waals surface area contributed by atoms with Crippen molar-refractivity contribution in [2.24, 2.45) is 0 Å². The van der Waals surface area contributed by atoms with Crippen LogP contribution >= 0.6 is 0 Å². The Kier molecular flexibility index (Phi) is 5.53. The normalized spacial score (nSPS) is 11.5. The van der Waals surface area contributed by atoms with Gasteiger partial charge in [-0.25, -0.2) is 22.5 Å². The van der Waals surface area contributed by atoms with Gasteiger partial charge in [0.25, 0.3) is 6.43 Å². The van der Waals surface area contributed by atoms with Crippen molar-refractivity contribution in [1.82, 2.24) is 24.6 Å². The molecule has 0 spiro atoms. The number of hydrogen-bond donors (Lipinski definition) is 1. The first-order valence-corrected chi connectivity index (χ1v) is 9.63. The first kappa shape index (κ1) is 20.7. The summed E-state index contributed by atoms with van der Waals surface area (Å²) in [5.74, 6) is -1.66. The van der Waals surface area contributed by atoms with E-state index in [0.29, 0.717) is 17.7 Å². The van der Waals surface area contributed by atoms with Crippen LogP contribution in [0.4, 0.5) is 23.5 Å². The average molecular weight is 430 g/mol. The summed E-state index contributed by atoms with van der Waals surface area (Å²) >= 11 is 0. The second kappa shape index (κ2) is 8.29. The minimum Gasteiger partial charge on any atom is -0.369 e. The van der Waals surface area contributed by atoms with Crippen LogP contribution in [0.15, 0.2) is 36.7 Å². The standard InChI is InChI=1S/C21H18F4N6/c1-2-3-4-13-7-11(8-16(28-13)19(24)25)17-18(14-6-5-12(22)9-15(14)23)29-21(26)31-10-27-30-20(17)31/h5-10,19H,2-4H2,1H3,(H2,26,29). The highest BCUT2D eigenvalue weighted by Gasteiger charge is 2.23. The molecular formula is C21H18F4N6. The zero-order valence-corrected chi connectivity index (χ0v) is 16.5. The largest absolute Gasteiger partial charge is 0.369 e. The number of nitrogen functional groups attached to an aromatic ring is 1. The second-order valence-electron chi connectivity index (χ2n) is 7.02. The summed E-state index contributed by atoms with van der Waals surface area (Å²) in [5, 5.41) is 7.87. The molecule has 0 atom stereocenters. The van der Waals surface area contributed by atoms with E-state index in [2.05, 4.69) is 20.2 Å². The Morgan fingerprint density at radius 1 is 1.10 bits per heavy atom. The number of anilines is 1. The molecular weight excluding hydrogens is 412 g/mol. The van der Waals surface area contributed by atoms with Crippen LogP contribution in [0.5, 0.6) is 0 Å². The summed E-state index contributed by atoms with van der Waals surface area (Å²) < 4.78 is 56.7. The number of unbranched alkanes of at least 4 members (excludes halogenated alkanes) is 1. The van der Waals surface area contributed by atoms with E-state index in [1.807, 2.05) is 6.92 Å². The summed E-state index contributed by atoms with van der Waals surface area (Å²) in [5.41, 5.74) is 6.82. The monoisotopic (exact) mass is 430 g/mol. The zero-order chi connectivity index (χ0) is 22.1. The number of rotatable bonds is 6. The molecule has 0 radical (unpaired) electrons. The van der Waals surface area contributed by atoms with Crippen molar-refractivity contribution < 1.29 is 17.6 Å². The van der Waals surface area contributed by atoms with Gasteiger partial charge in [-0.3, -0.25) is 9.38 Å². The Morgan fingerprint density at radius 3 is 2.61 bits per heavy atom. The number of fused-ring (bicyclic) bond motifs is 1. The lowest BCUT2D eigenvalue weighted by Crippen LogP contribution is -2.06. The number of benzene rings is 1. The lowest BCUT2D eigenvalue weighted by Gasteiger charge is -2.15. The van der Waals surface area contributed by atoms with Crippen LogP contribution in [0.25, 0.3) is 28.0 Å². The van der Waals surface area contributed by atoms with Crippen LogP contribution in [-0.4, -0.2) is 24.6 Å². The Balaban J connectivity index is 2.04. The predicted octanol–water partition coefficient (Wildman–Crippen LogP) is 4.99. The van der Waals surface area contributed by atoms with Gasteiger partial charge in [0, 0.05) is 17.3 Å². The number of pyridine rings is 1. The first-order valence-electron chi connectivity index (χ1n) is 9.63. The quantitative estimate of drug-likeness (QED) is 0.436. The summed E-state index contributed by atoms with van der Waals surface area (Å²) in [7, 11) is 0. The van der Waals surface area contributed by atoms with Crippen molar-refractivity contribution in [3.05, 3.63) is 59.7 Å². The van der Waals surface area contributed by atoms with E-state index in [-0.39, 0.29) is 28.4 Å². The molecule has 3 heterocycles. The van der Waals surface area contributed by atoms with Gasteiger partial charge in [0.05, 0.1) is 11.3 Å². The fraction of sp³-hybridized carbons (Fsp3) is 0.238. The molecule has 31 heavy (non-hydrogen) atoms. The van der Waals surface area contributed by atoms with E-state index in [1.165, 1.54) is 22.9 Å². The zero-order valence-electron chi connectivity index (χ0n) is 16.5.